The van der Waals surface area contributed by atoms with Gasteiger partial charge < -0.3 is 14.7 Å². The van der Waals surface area contributed by atoms with Crippen molar-refractivity contribution in [3.05, 3.63) is 34.9 Å². The first kappa shape index (κ1) is 24.0. The van der Waals surface area contributed by atoms with Crippen molar-refractivity contribution in [1.29, 1.82) is 0 Å². The van der Waals surface area contributed by atoms with Crippen molar-refractivity contribution < 1.29 is 23.1 Å². The van der Waals surface area contributed by atoms with E-state index >= 15 is 0 Å². The molecule has 0 spiro atoms. The fourth-order valence-electron chi connectivity index (χ4n) is 4.48. The Morgan fingerprint density at radius 2 is 1.90 bits per heavy atom. The lowest BCUT2D eigenvalue weighted by atomic mass is 9.90. The van der Waals surface area contributed by atoms with Gasteiger partial charge in [-0.3, -0.25) is 0 Å². The third-order valence-electron chi connectivity index (χ3n) is 6.36. The summed E-state index contributed by atoms with van der Waals surface area (Å²) in [6, 6.07) is 5.92. The van der Waals surface area contributed by atoms with Gasteiger partial charge >= 0.3 is 6.09 Å². The van der Waals surface area contributed by atoms with Crippen molar-refractivity contribution in [2.75, 3.05) is 25.9 Å². The fourth-order valence-corrected chi connectivity index (χ4v) is 5.28. The van der Waals surface area contributed by atoms with Gasteiger partial charge in [-0.2, -0.15) is 4.31 Å². The summed E-state index contributed by atoms with van der Waals surface area (Å²) < 4.78 is 30.3. The number of hydrogen-bond acceptors (Lipinski definition) is 5. The topological polar surface area (TPSA) is 87.2 Å². The third-order valence-corrected chi connectivity index (χ3v) is 7.61. The van der Waals surface area contributed by atoms with E-state index < -0.39 is 16.1 Å². The van der Waals surface area contributed by atoms with E-state index in [0.29, 0.717) is 31.8 Å². The van der Waals surface area contributed by atoms with Crippen LogP contribution in [0.15, 0.2) is 18.2 Å². The van der Waals surface area contributed by atoms with Gasteiger partial charge in [0.25, 0.3) is 0 Å². The number of carbonyl (C=O) groups excluding carboxylic acids is 1. The summed E-state index contributed by atoms with van der Waals surface area (Å²) in [6.07, 6.45) is 5.81. The number of fused-ring (bicyclic) bond motifs is 1. The lowest BCUT2D eigenvalue weighted by Gasteiger charge is -2.32. The van der Waals surface area contributed by atoms with Crippen LogP contribution in [0.5, 0.6) is 0 Å². The van der Waals surface area contributed by atoms with E-state index in [1.807, 2.05) is 32.0 Å². The molecule has 0 bridgehead atoms. The smallest absolute Gasteiger partial charge is 0.410 e. The van der Waals surface area contributed by atoms with E-state index in [9.17, 15) is 18.3 Å². The molecule has 31 heavy (non-hydrogen) atoms. The highest BCUT2D eigenvalue weighted by Gasteiger charge is 2.25. The summed E-state index contributed by atoms with van der Waals surface area (Å²) in [7, 11) is -3.18. The number of ether oxygens (including phenoxy) is 1. The Morgan fingerprint density at radius 3 is 2.55 bits per heavy atom. The summed E-state index contributed by atoms with van der Waals surface area (Å²) in [5.74, 6) is 0.584. The predicted molar refractivity (Wildman–Crippen MR) is 120 cm³/mol. The quantitative estimate of drug-likeness (QED) is 0.685. The Kier molecular flexibility index (Phi) is 7.99. The summed E-state index contributed by atoms with van der Waals surface area (Å²) in [5, 5.41) is 10.7. The normalized spacial score (nSPS) is 19.3. The molecular formula is C23H36N2O5S. The van der Waals surface area contributed by atoms with E-state index in [1.54, 1.807) is 4.90 Å². The molecule has 0 saturated carbocycles. The number of aliphatic hydroxyl groups excluding tert-OH is 1. The van der Waals surface area contributed by atoms with Crippen LogP contribution >= 0.6 is 0 Å². The molecule has 1 N–H and O–H groups in total. The zero-order valence-electron chi connectivity index (χ0n) is 18.9. The number of rotatable bonds is 7. The molecule has 1 aromatic carbocycles. The molecule has 0 aromatic heterocycles. The number of piperidine rings is 1. The first-order valence-electron chi connectivity index (χ1n) is 11.3. The zero-order valence-corrected chi connectivity index (χ0v) is 19.7. The highest BCUT2D eigenvalue weighted by Crippen LogP contribution is 2.29. The van der Waals surface area contributed by atoms with Gasteiger partial charge in [-0.15, -0.1) is 0 Å². The predicted octanol–water partition coefficient (Wildman–Crippen LogP) is 3.47. The fraction of sp³-hybridized carbons (Fsp3) is 0.696. The summed E-state index contributed by atoms with van der Waals surface area (Å²) >= 11 is 0. The van der Waals surface area contributed by atoms with E-state index in [4.69, 9.17) is 4.74 Å². The number of hydrogen-bond donors (Lipinski definition) is 1. The summed E-state index contributed by atoms with van der Waals surface area (Å²) in [4.78, 5) is 13.8. The van der Waals surface area contributed by atoms with Crippen LogP contribution in [0, 0.1) is 5.92 Å². The maximum Gasteiger partial charge on any atom is 0.410 e. The minimum atomic E-state index is -3.18. The maximum absolute atomic E-state index is 12.0. The van der Waals surface area contributed by atoms with Crippen LogP contribution in [0.2, 0.25) is 0 Å². The van der Waals surface area contributed by atoms with Crippen molar-refractivity contribution in [1.82, 2.24) is 9.21 Å². The maximum atomic E-state index is 12.0. The Balaban J connectivity index is 1.43. The van der Waals surface area contributed by atoms with Crippen LogP contribution in [-0.4, -0.2) is 60.8 Å². The zero-order chi connectivity index (χ0) is 22.6. The Morgan fingerprint density at radius 1 is 1.19 bits per heavy atom. The van der Waals surface area contributed by atoms with Crippen LogP contribution in [0.1, 0.15) is 68.7 Å². The second-order valence-corrected chi connectivity index (χ2v) is 11.2. The van der Waals surface area contributed by atoms with Crippen LogP contribution in [0.3, 0.4) is 0 Å². The largest absolute Gasteiger partial charge is 0.447 e. The monoisotopic (exact) mass is 452 g/mol. The van der Waals surface area contributed by atoms with Crippen molar-refractivity contribution in [3.63, 3.8) is 0 Å². The van der Waals surface area contributed by atoms with Crippen molar-refractivity contribution in [2.45, 2.75) is 71.1 Å². The van der Waals surface area contributed by atoms with Gasteiger partial charge in [0.1, 0.15) is 0 Å². The van der Waals surface area contributed by atoms with Gasteiger partial charge in [0.15, 0.2) is 0 Å². The van der Waals surface area contributed by atoms with Crippen molar-refractivity contribution >= 4 is 16.1 Å². The second kappa shape index (κ2) is 10.3. The third kappa shape index (κ3) is 6.67. The molecular weight excluding hydrogens is 416 g/mol. The van der Waals surface area contributed by atoms with Crippen molar-refractivity contribution in [2.24, 2.45) is 5.92 Å². The van der Waals surface area contributed by atoms with Gasteiger partial charge in [0, 0.05) is 26.2 Å². The molecule has 1 unspecified atom stereocenters. The lowest BCUT2D eigenvalue weighted by Crippen LogP contribution is -2.39. The average molecular weight is 453 g/mol. The molecule has 3 rings (SSSR count). The van der Waals surface area contributed by atoms with Gasteiger partial charge in [-0.05, 0) is 62.1 Å². The highest BCUT2D eigenvalue weighted by molar-refractivity contribution is 7.88. The van der Waals surface area contributed by atoms with E-state index in [2.05, 4.69) is 0 Å². The minimum absolute atomic E-state index is 0.0890. The van der Waals surface area contributed by atoms with Crippen molar-refractivity contribution in [3.8, 4) is 0 Å². The van der Waals surface area contributed by atoms with Gasteiger partial charge in [-0.1, -0.05) is 31.0 Å². The Bertz CT molecular complexity index is 863. The highest BCUT2D eigenvalue weighted by atomic mass is 32.2. The van der Waals surface area contributed by atoms with E-state index in [1.165, 1.54) is 10.6 Å². The van der Waals surface area contributed by atoms with Crippen LogP contribution in [0.25, 0.3) is 0 Å². The number of amides is 1. The molecule has 174 valence electrons. The van der Waals surface area contributed by atoms with Crippen LogP contribution in [0.4, 0.5) is 4.79 Å². The molecule has 0 aliphatic carbocycles. The van der Waals surface area contributed by atoms with Gasteiger partial charge in [0.2, 0.25) is 10.0 Å². The number of benzene rings is 1. The molecule has 1 amide bonds. The molecule has 7 nitrogen and oxygen atoms in total. The molecule has 8 heteroatoms. The van der Waals surface area contributed by atoms with Gasteiger partial charge in [0.05, 0.1) is 18.5 Å². The van der Waals surface area contributed by atoms with Crippen LogP contribution < -0.4 is 0 Å². The molecule has 1 atom stereocenters. The van der Waals surface area contributed by atoms with Crippen LogP contribution in [-0.2, 0) is 27.7 Å². The summed E-state index contributed by atoms with van der Waals surface area (Å²) in [5.41, 5.74) is 3.07. The Labute approximate surface area is 186 Å². The Hall–Kier alpha value is -1.64. The molecule has 1 aromatic rings. The lowest BCUT2D eigenvalue weighted by molar-refractivity contribution is 0.0642. The second-order valence-electron chi connectivity index (χ2n) is 9.18. The average Bonchev–Trinajstić information content (AvgIpc) is 2.72. The molecule has 2 aliphatic heterocycles. The number of aliphatic hydroxyl groups is 1. The first-order valence-corrected chi connectivity index (χ1v) is 13.2. The minimum Gasteiger partial charge on any atom is -0.447 e. The molecule has 0 radical (unpaired) electrons. The van der Waals surface area contributed by atoms with E-state index in [0.717, 1.165) is 55.5 Å². The molecule has 2 aliphatic rings. The number of likely N-dealkylation sites (tertiary alicyclic amines) is 1. The van der Waals surface area contributed by atoms with Gasteiger partial charge in [-0.25, -0.2) is 13.2 Å². The SMILES string of the molecule is CC(C)OC(=O)N1CCC(CCCC(O)c2ccc3c(c2)CCN(S(C)(=O)=O)C3)CC1. The number of carbonyl (C=O) groups is 1. The number of sulfonamides is 1. The molecule has 2 heterocycles. The molecule has 1 saturated heterocycles. The standard InChI is InChI=1S/C23H36N2O5S/c1-17(2)30-23(27)24-12-9-18(10-13-24)5-4-6-22(26)20-7-8-21-16-25(31(3,28)29)14-11-19(21)15-20/h7-8,15,17-18,22,26H,4-6,9-14,16H2,1-3H3. The molecule has 1 fully saturated rings. The van der Waals surface area contributed by atoms with E-state index in [-0.39, 0.29) is 12.2 Å². The summed E-state index contributed by atoms with van der Waals surface area (Å²) in [6.45, 7) is 6.12. The first-order chi connectivity index (χ1) is 14.6. The number of nitrogens with zero attached hydrogens (tertiary/aromatic N) is 2.